The Morgan fingerprint density at radius 3 is 1.65 bits per heavy atom. The van der Waals surface area contributed by atoms with Gasteiger partial charge >= 0.3 is 0 Å². The first-order valence-corrected chi connectivity index (χ1v) is 10.5. The maximum atomic E-state index is 9.19. The SMILES string of the molecule is CCCCCCCCCCN(CCO)CCOCCOCCOCCO. The van der Waals surface area contributed by atoms with E-state index in [1.807, 2.05) is 0 Å². The minimum Gasteiger partial charge on any atom is -0.395 e. The summed E-state index contributed by atoms with van der Waals surface area (Å²) < 4.78 is 16.1. The molecule has 26 heavy (non-hydrogen) atoms. The first-order valence-electron chi connectivity index (χ1n) is 10.5. The van der Waals surface area contributed by atoms with Crippen LogP contribution in [0.3, 0.4) is 0 Å². The summed E-state index contributed by atoms with van der Waals surface area (Å²) >= 11 is 0. The maximum Gasteiger partial charge on any atom is 0.0701 e. The minimum absolute atomic E-state index is 0.0480. The van der Waals surface area contributed by atoms with Crippen LogP contribution < -0.4 is 0 Å². The van der Waals surface area contributed by atoms with Crippen molar-refractivity contribution in [3.8, 4) is 0 Å². The van der Waals surface area contributed by atoms with E-state index in [4.69, 9.17) is 19.3 Å². The molecule has 0 unspecified atom stereocenters. The van der Waals surface area contributed by atoms with E-state index < -0.39 is 0 Å². The Morgan fingerprint density at radius 2 is 1.08 bits per heavy atom. The lowest BCUT2D eigenvalue weighted by Crippen LogP contribution is -2.31. The molecule has 6 nitrogen and oxygen atoms in total. The van der Waals surface area contributed by atoms with Crippen LogP contribution in [0.25, 0.3) is 0 Å². The molecule has 0 rings (SSSR count). The zero-order valence-corrected chi connectivity index (χ0v) is 17.0. The lowest BCUT2D eigenvalue weighted by atomic mass is 10.1. The van der Waals surface area contributed by atoms with Crippen LogP contribution in [-0.2, 0) is 14.2 Å². The van der Waals surface area contributed by atoms with Gasteiger partial charge in [0.2, 0.25) is 0 Å². The topological polar surface area (TPSA) is 71.4 Å². The highest BCUT2D eigenvalue weighted by molar-refractivity contribution is 4.58. The Morgan fingerprint density at radius 1 is 0.538 bits per heavy atom. The van der Waals surface area contributed by atoms with Crippen LogP contribution in [0.4, 0.5) is 0 Å². The fourth-order valence-corrected chi connectivity index (χ4v) is 2.75. The van der Waals surface area contributed by atoms with Crippen molar-refractivity contribution in [2.24, 2.45) is 0 Å². The van der Waals surface area contributed by atoms with Crippen molar-refractivity contribution in [2.75, 3.05) is 72.5 Å². The van der Waals surface area contributed by atoms with Gasteiger partial charge in [0.15, 0.2) is 0 Å². The number of ether oxygens (including phenoxy) is 3. The van der Waals surface area contributed by atoms with Gasteiger partial charge in [-0.2, -0.15) is 0 Å². The van der Waals surface area contributed by atoms with Crippen LogP contribution in [0, 0.1) is 0 Å². The lowest BCUT2D eigenvalue weighted by molar-refractivity contribution is 0.00405. The second-order valence-corrected chi connectivity index (χ2v) is 6.60. The number of aliphatic hydroxyl groups is 2. The molecule has 2 N–H and O–H groups in total. The summed E-state index contributed by atoms with van der Waals surface area (Å²) in [4.78, 5) is 2.28. The summed E-state index contributed by atoms with van der Waals surface area (Å²) in [7, 11) is 0. The third-order valence-corrected chi connectivity index (χ3v) is 4.28. The number of unbranched alkanes of at least 4 members (excludes halogenated alkanes) is 7. The van der Waals surface area contributed by atoms with Gasteiger partial charge in [-0.25, -0.2) is 0 Å². The predicted molar refractivity (Wildman–Crippen MR) is 106 cm³/mol. The monoisotopic (exact) mass is 377 g/mol. The first-order chi connectivity index (χ1) is 12.8. The Kier molecular flexibility index (Phi) is 22.6. The van der Waals surface area contributed by atoms with E-state index in [0.29, 0.717) is 39.6 Å². The highest BCUT2D eigenvalue weighted by atomic mass is 16.5. The molecule has 158 valence electrons. The van der Waals surface area contributed by atoms with Gasteiger partial charge in [0.05, 0.1) is 52.9 Å². The highest BCUT2D eigenvalue weighted by Crippen LogP contribution is 2.08. The van der Waals surface area contributed by atoms with E-state index in [0.717, 1.165) is 19.6 Å². The van der Waals surface area contributed by atoms with E-state index in [-0.39, 0.29) is 13.2 Å². The van der Waals surface area contributed by atoms with Crippen LogP contribution in [-0.4, -0.2) is 87.6 Å². The van der Waals surface area contributed by atoms with Crippen LogP contribution in [0.2, 0.25) is 0 Å². The summed E-state index contributed by atoms with van der Waals surface area (Å²) in [5, 5.41) is 17.8. The first kappa shape index (κ1) is 25.8. The van der Waals surface area contributed by atoms with Gasteiger partial charge in [-0.15, -0.1) is 0 Å². The highest BCUT2D eigenvalue weighted by Gasteiger charge is 2.04. The summed E-state index contributed by atoms with van der Waals surface area (Å²) in [6.07, 6.45) is 10.6. The second-order valence-electron chi connectivity index (χ2n) is 6.60. The van der Waals surface area contributed by atoms with E-state index in [9.17, 15) is 5.11 Å². The van der Waals surface area contributed by atoms with Crippen molar-refractivity contribution in [2.45, 2.75) is 58.3 Å². The summed E-state index contributed by atoms with van der Waals surface area (Å²) in [6, 6.07) is 0. The van der Waals surface area contributed by atoms with Crippen molar-refractivity contribution in [1.82, 2.24) is 4.90 Å². The lowest BCUT2D eigenvalue weighted by Gasteiger charge is -2.21. The van der Waals surface area contributed by atoms with E-state index >= 15 is 0 Å². The molecule has 0 fully saturated rings. The van der Waals surface area contributed by atoms with Crippen molar-refractivity contribution in [1.29, 1.82) is 0 Å². The van der Waals surface area contributed by atoms with Crippen LogP contribution >= 0.6 is 0 Å². The molecule has 0 bridgehead atoms. The molecule has 0 amide bonds. The zero-order chi connectivity index (χ0) is 19.1. The van der Waals surface area contributed by atoms with E-state index in [2.05, 4.69) is 11.8 Å². The second kappa shape index (κ2) is 22.8. The zero-order valence-electron chi connectivity index (χ0n) is 17.0. The Hall–Kier alpha value is -0.240. The quantitative estimate of drug-likeness (QED) is 0.282. The van der Waals surface area contributed by atoms with Gasteiger partial charge in [0, 0.05) is 13.1 Å². The van der Waals surface area contributed by atoms with Crippen LogP contribution in [0.15, 0.2) is 0 Å². The normalized spacial score (nSPS) is 11.5. The Labute approximate surface area is 160 Å². The molecule has 0 aliphatic rings. The van der Waals surface area contributed by atoms with Crippen molar-refractivity contribution in [3.63, 3.8) is 0 Å². The fraction of sp³-hybridized carbons (Fsp3) is 1.00. The summed E-state index contributed by atoms with van der Waals surface area (Å²) in [5.41, 5.74) is 0. The molecule has 0 saturated carbocycles. The van der Waals surface area contributed by atoms with Crippen molar-refractivity contribution in [3.05, 3.63) is 0 Å². The van der Waals surface area contributed by atoms with Crippen molar-refractivity contribution < 1.29 is 24.4 Å². The predicted octanol–water partition coefficient (Wildman–Crippen LogP) is 2.46. The van der Waals surface area contributed by atoms with Gasteiger partial charge < -0.3 is 24.4 Å². The molecular formula is C20H43NO5. The summed E-state index contributed by atoms with van der Waals surface area (Å²) in [6.45, 7) is 8.31. The molecule has 0 atom stereocenters. The maximum absolute atomic E-state index is 9.19. The number of hydrogen-bond acceptors (Lipinski definition) is 6. The third-order valence-electron chi connectivity index (χ3n) is 4.28. The minimum atomic E-state index is 0.0480. The van der Waals surface area contributed by atoms with Gasteiger partial charge in [-0.3, -0.25) is 4.90 Å². The van der Waals surface area contributed by atoms with Gasteiger partial charge in [-0.1, -0.05) is 51.9 Å². The molecule has 0 aromatic carbocycles. The molecular weight excluding hydrogens is 334 g/mol. The molecule has 0 heterocycles. The molecule has 0 aromatic rings. The Balaban J connectivity index is 3.41. The number of nitrogens with zero attached hydrogens (tertiary/aromatic N) is 1. The molecule has 0 aromatic heterocycles. The molecule has 0 spiro atoms. The van der Waals surface area contributed by atoms with Crippen molar-refractivity contribution >= 4 is 0 Å². The van der Waals surface area contributed by atoms with Crippen LogP contribution in [0.1, 0.15) is 58.3 Å². The largest absolute Gasteiger partial charge is 0.395 e. The third kappa shape index (κ3) is 20.1. The molecule has 0 radical (unpaired) electrons. The number of rotatable bonds is 22. The number of hydrogen-bond donors (Lipinski definition) is 2. The Bertz CT molecular complexity index is 256. The average Bonchev–Trinajstić information content (AvgIpc) is 2.65. The van der Waals surface area contributed by atoms with Gasteiger partial charge in [-0.05, 0) is 13.0 Å². The fourth-order valence-electron chi connectivity index (χ4n) is 2.75. The smallest absolute Gasteiger partial charge is 0.0701 e. The molecule has 6 heteroatoms. The molecule has 0 aliphatic carbocycles. The van der Waals surface area contributed by atoms with Gasteiger partial charge in [0.25, 0.3) is 0 Å². The summed E-state index contributed by atoms with van der Waals surface area (Å²) in [5.74, 6) is 0. The molecule has 0 aliphatic heterocycles. The standard InChI is InChI=1S/C20H43NO5/c1-2-3-4-5-6-7-8-9-10-21(11-13-22)12-15-24-17-19-26-20-18-25-16-14-23/h22-23H,2-20H2,1H3. The van der Waals surface area contributed by atoms with Gasteiger partial charge in [0.1, 0.15) is 0 Å². The van der Waals surface area contributed by atoms with E-state index in [1.54, 1.807) is 0 Å². The molecule has 0 saturated heterocycles. The van der Waals surface area contributed by atoms with Crippen LogP contribution in [0.5, 0.6) is 0 Å². The number of aliphatic hydroxyl groups excluding tert-OH is 2. The van der Waals surface area contributed by atoms with E-state index in [1.165, 1.54) is 51.4 Å². The average molecular weight is 378 g/mol.